The van der Waals surface area contributed by atoms with Crippen molar-refractivity contribution >= 4 is 11.9 Å². The first-order chi connectivity index (χ1) is 4.92. The topological polar surface area (TPSA) is 86.6 Å². The second kappa shape index (κ2) is 3.34. The Bertz CT molecular complexity index is 179. The second-order valence-corrected chi connectivity index (χ2v) is 2.46. The summed E-state index contributed by atoms with van der Waals surface area (Å²) >= 11 is 0. The summed E-state index contributed by atoms with van der Waals surface area (Å²) in [7, 11) is 1.41. The van der Waals surface area contributed by atoms with Crippen LogP contribution in [-0.2, 0) is 9.59 Å². The Labute approximate surface area is 64.0 Å². The van der Waals surface area contributed by atoms with Gasteiger partial charge in [0.1, 0.15) is 5.54 Å². The molecule has 0 amide bonds. The highest BCUT2D eigenvalue weighted by atomic mass is 16.4. The highest BCUT2D eigenvalue weighted by molar-refractivity contribution is 5.84. The first-order valence-corrected chi connectivity index (χ1v) is 3.06. The summed E-state index contributed by atoms with van der Waals surface area (Å²) in [4.78, 5) is 20.6. The molecule has 5 heteroatoms. The number of likely N-dealkylation sites (N-methyl/N-ethyl adjacent to an activating group) is 1. The van der Waals surface area contributed by atoms with Gasteiger partial charge in [0.25, 0.3) is 0 Å². The average Bonchev–Trinajstić information content (AvgIpc) is 1.86. The highest BCUT2D eigenvalue weighted by Gasteiger charge is 2.33. The maximum atomic E-state index is 10.5. The van der Waals surface area contributed by atoms with Gasteiger partial charge in [-0.25, -0.2) is 0 Å². The molecule has 0 aromatic rings. The summed E-state index contributed by atoms with van der Waals surface area (Å²) in [6.45, 7) is 1.32. The first kappa shape index (κ1) is 9.90. The largest absolute Gasteiger partial charge is 0.481 e. The Morgan fingerprint density at radius 2 is 1.91 bits per heavy atom. The van der Waals surface area contributed by atoms with Crippen LogP contribution in [0.3, 0.4) is 0 Å². The van der Waals surface area contributed by atoms with Crippen LogP contribution in [-0.4, -0.2) is 34.7 Å². The zero-order valence-corrected chi connectivity index (χ0v) is 6.42. The Hall–Kier alpha value is -1.10. The van der Waals surface area contributed by atoms with E-state index >= 15 is 0 Å². The predicted molar refractivity (Wildman–Crippen MR) is 37.4 cm³/mol. The van der Waals surface area contributed by atoms with E-state index in [-0.39, 0.29) is 0 Å². The first-order valence-electron chi connectivity index (χ1n) is 3.06. The fraction of sp³-hybridized carbons (Fsp3) is 0.667. The third-order valence-corrected chi connectivity index (χ3v) is 1.53. The average molecular weight is 161 g/mol. The molecule has 1 atom stereocenters. The van der Waals surface area contributed by atoms with Crippen LogP contribution in [0.25, 0.3) is 0 Å². The number of nitrogens with one attached hydrogen (secondary N) is 1. The van der Waals surface area contributed by atoms with Crippen molar-refractivity contribution in [2.24, 2.45) is 0 Å². The van der Waals surface area contributed by atoms with E-state index in [1.807, 2.05) is 0 Å². The number of carbonyl (C=O) groups is 2. The zero-order valence-electron chi connectivity index (χ0n) is 6.42. The van der Waals surface area contributed by atoms with Gasteiger partial charge in [-0.15, -0.1) is 0 Å². The van der Waals surface area contributed by atoms with Crippen LogP contribution in [0.5, 0.6) is 0 Å². The summed E-state index contributed by atoms with van der Waals surface area (Å²) in [6.07, 6.45) is -0.432. The van der Waals surface area contributed by atoms with Crippen molar-refractivity contribution in [2.75, 3.05) is 7.05 Å². The van der Waals surface area contributed by atoms with E-state index < -0.39 is 23.9 Å². The van der Waals surface area contributed by atoms with E-state index in [2.05, 4.69) is 5.32 Å². The van der Waals surface area contributed by atoms with Crippen molar-refractivity contribution < 1.29 is 19.8 Å². The molecule has 1 unspecified atom stereocenters. The normalized spacial score (nSPS) is 15.5. The monoisotopic (exact) mass is 161 g/mol. The molecule has 64 valence electrons. The quantitative estimate of drug-likeness (QED) is 0.518. The third-order valence-electron chi connectivity index (χ3n) is 1.53. The van der Waals surface area contributed by atoms with Crippen molar-refractivity contribution in [1.82, 2.24) is 5.32 Å². The molecule has 0 bridgehead atoms. The number of rotatable bonds is 4. The molecule has 0 aliphatic rings. The van der Waals surface area contributed by atoms with Crippen LogP contribution in [0.1, 0.15) is 13.3 Å². The summed E-state index contributed by atoms with van der Waals surface area (Å²) in [6, 6.07) is 0. The van der Waals surface area contributed by atoms with Crippen molar-refractivity contribution in [3.8, 4) is 0 Å². The Kier molecular flexibility index (Phi) is 3.00. The molecule has 5 nitrogen and oxygen atoms in total. The number of carboxylic acid groups (broad SMARTS) is 2. The van der Waals surface area contributed by atoms with Gasteiger partial charge >= 0.3 is 11.9 Å². The molecular weight excluding hydrogens is 150 g/mol. The van der Waals surface area contributed by atoms with Gasteiger partial charge < -0.3 is 15.5 Å². The van der Waals surface area contributed by atoms with Crippen LogP contribution >= 0.6 is 0 Å². The van der Waals surface area contributed by atoms with Crippen LogP contribution in [0, 0.1) is 0 Å². The molecule has 0 aromatic heterocycles. The SMILES string of the molecule is CNC(C)(CC(=O)O)C(=O)O. The maximum Gasteiger partial charge on any atom is 0.324 e. The molecule has 0 rings (SSSR count). The van der Waals surface area contributed by atoms with E-state index in [1.165, 1.54) is 14.0 Å². The molecule has 0 aliphatic carbocycles. The van der Waals surface area contributed by atoms with Gasteiger partial charge in [-0.1, -0.05) is 0 Å². The molecule has 11 heavy (non-hydrogen) atoms. The van der Waals surface area contributed by atoms with Crippen LogP contribution in [0.4, 0.5) is 0 Å². The summed E-state index contributed by atoms with van der Waals surface area (Å²) in [5.41, 5.74) is -1.37. The lowest BCUT2D eigenvalue weighted by molar-refractivity contribution is -0.150. The van der Waals surface area contributed by atoms with Crippen molar-refractivity contribution in [1.29, 1.82) is 0 Å². The van der Waals surface area contributed by atoms with Crippen LogP contribution in [0.2, 0.25) is 0 Å². The van der Waals surface area contributed by atoms with Gasteiger partial charge in [-0.2, -0.15) is 0 Å². The van der Waals surface area contributed by atoms with Gasteiger partial charge in [0.2, 0.25) is 0 Å². The Balaban J connectivity index is 4.34. The zero-order chi connectivity index (χ0) is 9.07. The van der Waals surface area contributed by atoms with Gasteiger partial charge in [0.05, 0.1) is 6.42 Å². The fourth-order valence-corrected chi connectivity index (χ4v) is 0.573. The number of carboxylic acids is 2. The molecular formula is C6H11NO4. The molecule has 0 saturated heterocycles. The van der Waals surface area contributed by atoms with Gasteiger partial charge in [0, 0.05) is 0 Å². The predicted octanol–water partition coefficient (Wildman–Crippen LogP) is -0.476. The molecule has 0 aliphatic heterocycles. The summed E-state index contributed by atoms with van der Waals surface area (Å²) in [5.74, 6) is -2.30. The van der Waals surface area contributed by atoms with E-state index in [4.69, 9.17) is 10.2 Å². The van der Waals surface area contributed by atoms with E-state index in [0.29, 0.717) is 0 Å². The van der Waals surface area contributed by atoms with Gasteiger partial charge in [0.15, 0.2) is 0 Å². The number of hydrogen-bond acceptors (Lipinski definition) is 3. The van der Waals surface area contributed by atoms with E-state index in [9.17, 15) is 9.59 Å². The standard InChI is InChI=1S/C6H11NO4/c1-6(7-2,5(10)11)3-4(8)9/h7H,3H2,1-2H3,(H,8,9)(H,10,11). The van der Waals surface area contributed by atoms with Crippen molar-refractivity contribution in [2.45, 2.75) is 18.9 Å². The minimum Gasteiger partial charge on any atom is -0.481 e. The van der Waals surface area contributed by atoms with Crippen molar-refractivity contribution in [3.05, 3.63) is 0 Å². The molecule has 3 N–H and O–H groups in total. The highest BCUT2D eigenvalue weighted by Crippen LogP contribution is 2.08. The lowest BCUT2D eigenvalue weighted by Gasteiger charge is -2.21. The summed E-state index contributed by atoms with van der Waals surface area (Å²) < 4.78 is 0. The number of aliphatic carboxylic acids is 2. The van der Waals surface area contributed by atoms with Crippen molar-refractivity contribution in [3.63, 3.8) is 0 Å². The second-order valence-electron chi connectivity index (χ2n) is 2.46. The minimum atomic E-state index is -1.37. The smallest absolute Gasteiger partial charge is 0.324 e. The molecule has 0 radical (unpaired) electrons. The van der Waals surface area contributed by atoms with Gasteiger partial charge in [-0.3, -0.25) is 9.59 Å². The lowest BCUT2D eigenvalue weighted by atomic mass is 9.99. The summed E-state index contributed by atoms with van der Waals surface area (Å²) in [5, 5.41) is 19.3. The van der Waals surface area contributed by atoms with E-state index in [0.717, 1.165) is 0 Å². The third kappa shape index (κ3) is 2.55. The Morgan fingerprint density at radius 1 is 1.45 bits per heavy atom. The molecule has 0 spiro atoms. The lowest BCUT2D eigenvalue weighted by Crippen LogP contribution is -2.49. The molecule has 0 fully saturated rings. The van der Waals surface area contributed by atoms with Crippen LogP contribution < -0.4 is 5.32 Å². The minimum absolute atomic E-state index is 0.432. The molecule has 0 aromatic carbocycles. The molecule has 0 saturated carbocycles. The maximum absolute atomic E-state index is 10.5. The number of hydrogen-bond donors (Lipinski definition) is 3. The van der Waals surface area contributed by atoms with Gasteiger partial charge in [-0.05, 0) is 14.0 Å². The molecule has 0 heterocycles. The van der Waals surface area contributed by atoms with Crippen LogP contribution in [0.15, 0.2) is 0 Å². The van der Waals surface area contributed by atoms with E-state index in [1.54, 1.807) is 0 Å². The Morgan fingerprint density at radius 3 is 2.00 bits per heavy atom. The fourth-order valence-electron chi connectivity index (χ4n) is 0.573.